The molecule has 2 atom stereocenters. The Kier molecular flexibility index (Phi) is 5.22. The van der Waals surface area contributed by atoms with E-state index in [4.69, 9.17) is 0 Å². The SMILES string of the molecule is CC(C(=O)c1ccccc1)C(Cc1ccccc1)c1ccccc1. The Bertz CT molecular complexity index is 763. The Morgan fingerprint density at radius 2 is 1.25 bits per heavy atom. The van der Waals surface area contributed by atoms with Crippen molar-refractivity contribution < 1.29 is 4.79 Å². The summed E-state index contributed by atoms with van der Waals surface area (Å²) in [5.41, 5.74) is 3.27. The second-order valence-corrected chi connectivity index (χ2v) is 6.23. The molecule has 0 saturated carbocycles. The van der Waals surface area contributed by atoms with Crippen molar-refractivity contribution in [3.05, 3.63) is 108 Å². The summed E-state index contributed by atoms with van der Waals surface area (Å²) in [7, 11) is 0. The van der Waals surface area contributed by atoms with E-state index in [2.05, 4.69) is 43.3 Å². The molecule has 0 N–H and O–H groups in total. The van der Waals surface area contributed by atoms with Crippen LogP contribution in [0.2, 0.25) is 0 Å². The fourth-order valence-electron chi connectivity index (χ4n) is 3.20. The molecule has 0 radical (unpaired) electrons. The first-order valence-corrected chi connectivity index (χ1v) is 8.44. The molecule has 0 aliphatic carbocycles. The topological polar surface area (TPSA) is 17.1 Å². The normalized spacial score (nSPS) is 13.2. The van der Waals surface area contributed by atoms with Gasteiger partial charge in [0.25, 0.3) is 0 Å². The fraction of sp³-hybridized carbons (Fsp3) is 0.174. The van der Waals surface area contributed by atoms with Crippen molar-refractivity contribution in [2.75, 3.05) is 0 Å². The summed E-state index contributed by atoms with van der Waals surface area (Å²) >= 11 is 0. The Morgan fingerprint density at radius 1 is 0.750 bits per heavy atom. The smallest absolute Gasteiger partial charge is 0.166 e. The minimum atomic E-state index is -0.0741. The quantitative estimate of drug-likeness (QED) is 0.547. The summed E-state index contributed by atoms with van der Waals surface area (Å²) in [6.07, 6.45) is 0.866. The molecule has 24 heavy (non-hydrogen) atoms. The summed E-state index contributed by atoms with van der Waals surface area (Å²) < 4.78 is 0. The predicted molar refractivity (Wildman–Crippen MR) is 99.3 cm³/mol. The Balaban J connectivity index is 1.90. The molecule has 3 rings (SSSR count). The van der Waals surface area contributed by atoms with Gasteiger partial charge in [0.1, 0.15) is 0 Å². The van der Waals surface area contributed by atoms with Gasteiger partial charge in [-0.25, -0.2) is 0 Å². The van der Waals surface area contributed by atoms with Crippen LogP contribution < -0.4 is 0 Å². The number of benzene rings is 3. The predicted octanol–water partition coefficient (Wildman–Crippen LogP) is 5.53. The van der Waals surface area contributed by atoms with Crippen molar-refractivity contribution in [3.63, 3.8) is 0 Å². The van der Waals surface area contributed by atoms with Gasteiger partial charge in [-0.1, -0.05) is 97.9 Å². The highest BCUT2D eigenvalue weighted by Crippen LogP contribution is 2.31. The zero-order chi connectivity index (χ0) is 16.8. The van der Waals surface area contributed by atoms with Crippen molar-refractivity contribution >= 4 is 5.78 Å². The van der Waals surface area contributed by atoms with Crippen LogP contribution in [0.25, 0.3) is 0 Å². The van der Waals surface area contributed by atoms with Crippen LogP contribution in [0.4, 0.5) is 0 Å². The maximum absolute atomic E-state index is 12.9. The molecule has 3 aromatic carbocycles. The average molecular weight is 314 g/mol. The number of hydrogen-bond acceptors (Lipinski definition) is 1. The van der Waals surface area contributed by atoms with Crippen LogP contribution >= 0.6 is 0 Å². The average Bonchev–Trinajstić information content (AvgIpc) is 2.67. The lowest BCUT2D eigenvalue weighted by molar-refractivity contribution is 0.0911. The van der Waals surface area contributed by atoms with E-state index in [1.165, 1.54) is 11.1 Å². The maximum atomic E-state index is 12.9. The van der Waals surface area contributed by atoms with E-state index in [0.717, 1.165) is 12.0 Å². The van der Waals surface area contributed by atoms with Gasteiger partial charge in [-0.3, -0.25) is 4.79 Å². The van der Waals surface area contributed by atoms with Gasteiger partial charge in [-0.15, -0.1) is 0 Å². The zero-order valence-electron chi connectivity index (χ0n) is 13.9. The van der Waals surface area contributed by atoms with Crippen molar-refractivity contribution in [3.8, 4) is 0 Å². The van der Waals surface area contributed by atoms with Crippen LogP contribution in [-0.4, -0.2) is 5.78 Å². The Labute approximate surface area is 144 Å². The third kappa shape index (κ3) is 3.80. The molecular weight excluding hydrogens is 292 g/mol. The van der Waals surface area contributed by atoms with Crippen LogP contribution in [0.5, 0.6) is 0 Å². The molecule has 120 valence electrons. The minimum Gasteiger partial charge on any atom is -0.294 e. The lowest BCUT2D eigenvalue weighted by Crippen LogP contribution is -2.21. The van der Waals surface area contributed by atoms with Gasteiger partial charge in [-0.2, -0.15) is 0 Å². The minimum absolute atomic E-state index is 0.0741. The number of carbonyl (C=O) groups is 1. The molecule has 0 aliphatic heterocycles. The van der Waals surface area contributed by atoms with Gasteiger partial charge in [-0.05, 0) is 23.5 Å². The molecule has 3 aromatic rings. The van der Waals surface area contributed by atoms with E-state index in [0.29, 0.717) is 0 Å². The molecule has 0 bridgehead atoms. The lowest BCUT2D eigenvalue weighted by atomic mass is 9.79. The van der Waals surface area contributed by atoms with Crippen molar-refractivity contribution in [2.45, 2.75) is 19.3 Å². The van der Waals surface area contributed by atoms with Crippen molar-refractivity contribution in [1.29, 1.82) is 0 Å². The molecular formula is C23H22O. The maximum Gasteiger partial charge on any atom is 0.166 e. The lowest BCUT2D eigenvalue weighted by Gasteiger charge is -2.24. The molecule has 0 amide bonds. The molecule has 0 spiro atoms. The monoisotopic (exact) mass is 314 g/mol. The molecule has 0 fully saturated rings. The van der Waals surface area contributed by atoms with Gasteiger partial charge in [0, 0.05) is 11.5 Å². The number of Topliss-reactive ketones (excluding diaryl/α,β-unsaturated/α-hetero) is 1. The molecule has 0 aromatic heterocycles. The summed E-state index contributed by atoms with van der Waals surface area (Å²) in [5.74, 6) is 0.302. The Hall–Kier alpha value is -2.67. The second-order valence-electron chi connectivity index (χ2n) is 6.23. The summed E-state index contributed by atoms with van der Waals surface area (Å²) in [5, 5.41) is 0. The van der Waals surface area contributed by atoms with E-state index in [-0.39, 0.29) is 17.6 Å². The Morgan fingerprint density at radius 3 is 1.83 bits per heavy atom. The number of carbonyl (C=O) groups excluding carboxylic acids is 1. The molecule has 0 saturated heterocycles. The van der Waals surface area contributed by atoms with Gasteiger partial charge in [0.15, 0.2) is 5.78 Å². The van der Waals surface area contributed by atoms with Gasteiger partial charge < -0.3 is 0 Å². The van der Waals surface area contributed by atoms with E-state index in [1.54, 1.807) is 0 Å². The summed E-state index contributed by atoms with van der Waals surface area (Å²) in [6, 6.07) is 30.4. The largest absolute Gasteiger partial charge is 0.294 e. The third-order valence-corrected chi connectivity index (χ3v) is 4.60. The van der Waals surface area contributed by atoms with Crippen LogP contribution in [-0.2, 0) is 6.42 Å². The van der Waals surface area contributed by atoms with Crippen LogP contribution in [0.3, 0.4) is 0 Å². The highest BCUT2D eigenvalue weighted by Gasteiger charge is 2.26. The molecule has 1 heteroatoms. The van der Waals surface area contributed by atoms with Crippen LogP contribution in [0, 0.1) is 5.92 Å². The first-order valence-electron chi connectivity index (χ1n) is 8.44. The molecule has 1 nitrogen and oxygen atoms in total. The third-order valence-electron chi connectivity index (χ3n) is 4.60. The highest BCUT2D eigenvalue weighted by atomic mass is 16.1. The van der Waals surface area contributed by atoms with Gasteiger partial charge >= 0.3 is 0 Å². The van der Waals surface area contributed by atoms with Crippen LogP contribution in [0.1, 0.15) is 34.3 Å². The highest BCUT2D eigenvalue weighted by molar-refractivity contribution is 5.98. The van der Waals surface area contributed by atoms with Crippen molar-refractivity contribution in [1.82, 2.24) is 0 Å². The van der Waals surface area contributed by atoms with E-state index in [9.17, 15) is 4.79 Å². The van der Waals surface area contributed by atoms with E-state index in [1.807, 2.05) is 54.6 Å². The van der Waals surface area contributed by atoms with Crippen LogP contribution in [0.15, 0.2) is 91.0 Å². The van der Waals surface area contributed by atoms with Crippen molar-refractivity contribution in [2.24, 2.45) is 5.92 Å². The molecule has 0 heterocycles. The number of hydrogen-bond donors (Lipinski definition) is 0. The number of rotatable bonds is 6. The fourth-order valence-corrected chi connectivity index (χ4v) is 3.20. The van der Waals surface area contributed by atoms with Gasteiger partial charge in [0.05, 0.1) is 0 Å². The second kappa shape index (κ2) is 7.74. The first-order chi connectivity index (χ1) is 11.8. The van der Waals surface area contributed by atoms with E-state index >= 15 is 0 Å². The summed E-state index contributed by atoms with van der Waals surface area (Å²) in [6.45, 7) is 2.05. The zero-order valence-corrected chi connectivity index (χ0v) is 13.9. The molecule has 2 unspecified atom stereocenters. The van der Waals surface area contributed by atoms with Gasteiger partial charge in [0.2, 0.25) is 0 Å². The van der Waals surface area contributed by atoms with E-state index < -0.39 is 0 Å². The standard InChI is InChI=1S/C23H22O/c1-18(23(24)21-15-9-4-10-16-21)22(20-13-7-3-8-14-20)17-19-11-5-2-6-12-19/h2-16,18,22H,17H2,1H3. The first kappa shape index (κ1) is 16.2. The number of ketones is 1. The summed E-state index contributed by atoms with van der Waals surface area (Å²) in [4.78, 5) is 12.9. The molecule has 0 aliphatic rings.